The zero-order valence-electron chi connectivity index (χ0n) is 7.97. The Morgan fingerprint density at radius 1 is 1.29 bits per heavy atom. The van der Waals surface area contributed by atoms with Crippen molar-refractivity contribution in [1.82, 2.24) is 0 Å². The molecule has 2 atom stereocenters. The molecule has 2 rings (SSSR count). The first-order valence-electron chi connectivity index (χ1n) is 4.53. The van der Waals surface area contributed by atoms with Crippen molar-refractivity contribution in [3.05, 3.63) is 29.8 Å². The summed E-state index contributed by atoms with van der Waals surface area (Å²) in [5, 5.41) is -0.175. The number of rotatable bonds is 2. The van der Waals surface area contributed by atoms with Gasteiger partial charge in [-0.3, -0.25) is 0 Å². The molecule has 0 radical (unpaired) electrons. The highest BCUT2D eigenvalue weighted by molar-refractivity contribution is 7.91. The van der Waals surface area contributed by atoms with Gasteiger partial charge >= 0.3 is 0 Å². The minimum Gasteiger partial charge on any atom is -0.399 e. The summed E-state index contributed by atoms with van der Waals surface area (Å²) in [4.78, 5) is 0. The topological polar surface area (TPSA) is 60.2 Å². The lowest BCUT2D eigenvalue weighted by atomic mass is 10.1. The highest BCUT2D eigenvalue weighted by atomic mass is 32.2. The first kappa shape index (κ1) is 9.52. The van der Waals surface area contributed by atoms with Gasteiger partial charge in [0.25, 0.3) is 0 Å². The van der Waals surface area contributed by atoms with E-state index in [1.54, 1.807) is 0 Å². The fourth-order valence-electron chi connectivity index (χ4n) is 1.74. The molecule has 0 amide bonds. The first-order chi connectivity index (χ1) is 6.48. The molecule has 1 saturated carbocycles. The van der Waals surface area contributed by atoms with E-state index in [4.69, 9.17) is 5.73 Å². The van der Waals surface area contributed by atoms with Crippen molar-refractivity contribution < 1.29 is 8.42 Å². The van der Waals surface area contributed by atoms with E-state index in [-0.39, 0.29) is 11.2 Å². The van der Waals surface area contributed by atoms with Crippen LogP contribution in [0.3, 0.4) is 0 Å². The van der Waals surface area contributed by atoms with Crippen LogP contribution in [0, 0.1) is 0 Å². The molecule has 0 unspecified atom stereocenters. The lowest BCUT2D eigenvalue weighted by molar-refractivity contribution is 0.600. The maximum Gasteiger partial charge on any atom is 0.150 e. The Bertz CT molecular complexity index is 436. The fraction of sp³-hybridized carbons (Fsp3) is 0.400. The summed E-state index contributed by atoms with van der Waals surface area (Å²) in [6.45, 7) is 0. The third-order valence-corrected chi connectivity index (χ3v) is 4.27. The van der Waals surface area contributed by atoms with Crippen molar-refractivity contribution in [3.63, 3.8) is 0 Å². The molecule has 0 aliphatic heterocycles. The van der Waals surface area contributed by atoms with Gasteiger partial charge in [-0.2, -0.15) is 0 Å². The number of sulfone groups is 1. The van der Waals surface area contributed by atoms with Crippen molar-refractivity contribution in [2.24, 2.45) is 0 Å². The number of hydrogen-bond acceptors (Lipinski definition) is 3. The molecular formula is C10H13NO2S. The summed E-state index contributed by atoms with van der Waals surface area (Å²) in [6, 6.07) is 7.44. The van der Waals surface area contributed by atoms with Gasteiger partial charge in [0.15, 0.2) is 9.84 Å². The van der Waals surface area contributed by atoms with Crippen LogP contribution < -0.4 is 5.73 Å². The van der Waals surface area contributed by atoms with Crippen molar-refractivity contribution >= 4 is 15.5 Å². The Labute approximate surface area is 83.9 Å². The van der Waals surface area contributed by atoms with Gasteiger partial charge in [0, 0.05) is 17.9 Å². The van der Waals surface area contributed by atoms with Gasteiger partial charge in [0.05, 0.1) is 5.25 Å². The normalized spacial score (nSPS) is 26.1. The van der Waals surface area contributed by atoms with Crippen molar-refractivity contribution in [2.45, 2.75) is 17.6 Å². The average Bonchev–Trinajstić information content (AvgIpc) is 2.83. The van der Waals surface area contributed by atoms with Crippen LogP contribution in [0.4, 0.5) is 5.69 Å². The van der Waals surface area contributed by atoms with Crippen LogP contribution in [0.1, 0.15) is 17.9 Å². The van der Waals surface area contributed by atoms with E-state index in [9.17, 15) is 8.42 Å². The van der Waals surface area contributed by atoms with Gasteiger partial charge in [-0.15, -0.1) is 0 Å². The second-order valence-corrected chi connectivity index (χ2v) is 6.14. The van der Waals surface area contributed by atoms with Crippen LogP contribution in [-0.2, 0) is 9.84 Å². The quantitative estimate of drug-likeness (QED) is 0.747. The molecule has 14 heavy (non-hydrogen) atoms. The van der Waals surface area contributed by atoms with Crippen LogP contribution in [0.2, 0.25) is 0 Å². The molecule has 0 saturated heterocycles. The highest BCUT2D eigenvalue weighted by Gasteiger charge is 2.45. The maximum absolute atomic E-state index is 11.2. The fourth-order valence-corrected chi connectivity index (χ4v) is 3.05. The Balaban J connectivity index is 2.18. The van der Waals surface area contributed by atoms with E-state index < -0.39 is 9.84 Å². The standard InChI is InChI=1S/C10H13NO2S/c1-14(12,13)10-6-9(10)7-2-4-8(11)5-3-7/h2-5,9-10H,6,11H2,1H3/t9-,10+/m1/s1. The molecule has 1 aliphatic rings. The number of hydrogen-bond donors (Lipinski definition) is 1. The average molecular weight is 211 g/mol. The summed E-state index contributed by atoms with van der Waals surface area (Å²) in [6.07, 6.45) is 2.05. The predicted molar refractivity (Wildman–Crippen MR) is 56.8 cm³/mol. The molecule has 3 nitrogen and oxygen atoms in total. The van der Waals surface area contributed by atoms with Crippen molar-refractivity contribution in [1.29, 1.82) is 0 Å². The number of anilines is 1. The minimum atomic E-state index is -2.87. The number of benzene rings is 1. The Kier molecular flexibility index (Phi) is 2.03. The molecule has 1 aromatic rings. The third kappa shape index (κ3) is 1.75. The van der Waals surface area contributed by atoms with Crippen molar-refractivity contribution in [2.75, 3.05) is 12.0 Å². The van der Waals surface area contributed by atoms with Gasteiger partial charge in [-0.05, 0) is 24.1 Å². The van der Waals surface area contributed by atoms with Crippen LogP contribution in [0.5, 0.6) is 0 Å². The summed E-state index contributed by atoms with van der Waals surface area (Å²) in [7, 11) is -2.87. The molecule has 1 aromatic carbocycles. The molecule has 0 bridgehead atoms. The van der Waals surface area contributed by atoms with Gasteiger partial charge in [0.1, 0.15) is 0 Å². The van der Waals surface area contributed by atoms with Crippen LogP contribution in [0.25, 0.3) is 0 Å². The van der Waals surface area contributed by atoms with Crippen molar-refractivity contribution in [3.8, 4) is 0 Å². The van der Waals surface area contributed by atoms with Crippen LogP contribution >= 0.6 is 0 Å². The smallest absolute Gasteiger partial charge is 0.150 e. The number of nitrogen functional groups attached to an aromatic ring is 1. The zero-order valence-corrected chi connectivity index (χ0v) is 8.79. The molecule has 2 N–H and O–H groups in total. The Hall–Kier alpha value is -1.03. The molecule has 76 valence electrons. The minimum absolute atomic E-state index is 0.175. The van der Waals surface area contributed by atoms with E-state index in [2.05, 4.69) is 0 Å². The van der Waals surface area contributed by atoms with Gasteiger partial charge in [-0.1, -0.05) is 12.1 Å². The van der Waals surface area contributed by atoms with E-state index in [0.717, 1.165) is 12.0 Å². The van der Waals surface area contributed by atoms with E-state index in [1.165, 1.54) is 6.26 Å². The van der Waals surface area contributed by atoms with Gasteiger partial charge < -0.3 is 5.73 Å². The van der Waals surface area contributed by atoms with Gasteiger partial charge in [0.2, 0.25) is 0 Å². The Morgan fingerprint density at radius 3 is 2.29 bits per heavy atom. The van der Waals surface area contributed by atoms with E-state index in [0.29, 0.717) is 5.69 Å². The molecule has 0 aromatic heterocycles. The largest absolute Gasteiger partial charge is 0.399 e. The summed E-state index contributed by atoms with van der Waals surface area (Å²) < 4.78 is 22.4. The second-order valence-electron chi connectivity index (χ2n) is 3.88. The highest BCUT2D eigenvalue weighted by Crippen LogP contribution is 2.45. The maximum atomic E-state index is 11.2. The lowest BCUT2D eigenvalue weighted by Crippen LogP contribution is -2.05. The molecular weight excluding hydrogens is 198 g/mol. The summed E-state index contributed by atoms with van der Waals surface area (Å²) in [5.74, 6) is 0.186. The molecule has 1 fully saturated rings. The zero-order chi connectivity index (χ0) is 10.3. The predicted octanol–water partition coefficient (Wildman–Crippen LogP) is 1.17. The third-order valence-electron chi connectivity index (χ3n) is 2.65. The molecule has 4 heteroatoms. The second kappa shape index (κ2) is 2.98. The molecule has 0 heterocycles. The SMILES string of the molecule is CS(=O)(=O)[C@H]1C[C@@H]1c1ccc(N)cc1. The Morgan fingerprint density at radius 2 is 1.86 bits per heavy atom. The van der Waals surface area contributed by atoms with E-state index in [1.807, 2.05) is 24.3 Å². The van der Waals surface area contributed by atoms with Crippen LogP contribution in [0.15, 0.2) is 24.3 Å². The monoisotopic (exact) mass is 211 g/mol. The summed E-state index contributed by atoms with van der Waals surface area (Å²) >= 11 is 0. The molecule has 0 spiro atoms. The van der Waals surface area contributed by atoms with Crippen LogP contribution in [-0.4, -0.2) is 19.9 Å². The van der Waals surface area contributed by atoms with Gasteiger partial charge in [-0.25, -0.2) is 8.42 Å². The lowest BCUT2D eigenvalue weighted by Gasteiger charge is -1.99. The van der Waals surface area contributed by atoms with E-state index >= 15 is 0 Å². The number of nitrogens with two attached hydrogens (primary N) is 1. The molecule has 1 aliphatic carbocycles. The first-order valence-corrected chi connectivity index (χ1v) is 6.48. The summed E-state index contributed by atoms with van der Waals surface area (Å²) in [5.41, 5.74) is 7.34.